The smallest absolute Gasteiger partial charge is 0.322 e. The Morgan fingerprint density at radius 3 is 2.41 bits per heavy atom. The molecule has 4 amide bonds. The second-order valence-electron chi connectivity index (χ2n) is 7.37. The van der Waals surface area contributed by atoms with Crippen molar-refractivity contribution in [2.75, 3.05) is 19.6 Å². The van der Waals surface area contributed by atoms with Crippen LogP contribution in [0, 0.1) is 11.7 Å². The molecule has 0 unspecified atom stereocenters. The van der Waals surface area contributed by atoms with Gasteiger partial charge in [-0.25, -0.2) is 22.3 Å². The molecule has 0 spiro atoms. The zero-order valence-corrected chi connectivity index (χ0v) is 16.7. The lowest BCUT2D eigenvalue weighted by atomic mass is 9.79. The molecule has 11 heteroatoms. The summed E-state index contributed by atoms with van der Waals surface area (Å²) in [5.74, 6) is -1.18. The van der Waals surface area contributed by atoms with Crippen molar-refractivity contribution < 1.29 is 27.2 Å². The summed E-state index contributed by atoms with van der Waals surface area (Å²) in [7, 11) is -3.81. The maximum Gasteiger partial charge on any atom is 0.322 e. The van der Waals surface area contributed by atoms with Gasteiger partial charge in [0.25, 0.3) is 5.91 Å². The van der Waals surface area contributed by atoms with E-state index in [1.807, 2.05) is 0 Å². The molecule has 29 heavy (non-hydrogen) atoms. The fourth-order valence-electron chi connectivity index (χ4n) is 3.70. The number of likely N-dealkylation sites (tertiary alicyclic amines) is 1. The lowest BCUT2D eigenvalue weighted by Crippen LogP contribution is -2.54. The van der Waals surface area contributed by atoms with E-state index in [-0.39, 0.29) is 35.6 Å². The highest BCUT2D eigenvalue weighted by atomic mass is 32.2. The molecule has 0 bridgehead atoms. The van der Waals surface area contributed by atoms with E-state index in [0.29, 0.717) is 25.9 Å². The average molecular weight is 426 g/mol. The number of carbonyl (C=O) groups is 3. The molecular formula is C18H23FN4O5S. The van der Waals surface area contributed by atoms with Crippen LogP contribution in [0.3, 0.4) is 0 Å². The first-order valence-electron chi connectivity index (χ1n) is 9.28. The highest BCUT2D eigenvalue weighted by Crippen LogP contribution is 2.30. The lowest BCUT2D eigenvalue weighted by Gasteiger charge is -2.38. The standard InChI is InChI=1S/C18H23FN4O5S/c1-18(16(25)21-17(26)22-18)12-7-10-23(11-8-12)15(24)6-9-20-29(27,28)14-4-2-13(19)3-5-14/h2-5,12,20H,6-11H2,1H3,(H2,21,22,25,26)/t18-/m0/s1. The number of urea groups is 1. The number of benzene rings is 1. The first-order chi connectivity index (χ1) is 13.6. The Labute approximate surface area is 168 Å². The van der Waals surface area contributed by atoms with Crippen molar-refractivity contribution >= 4 is 27.9 Å². The van der Waals surface area contributed by atoms with Gasteiger partial charge in [0.05, 0.1) is 4.90 Å². The highest BCUT2D eigenvalue weighted by Gasteiger charge is 2.48. The third kappa shape index (κ3) is 4.56. The number of rotatable bonds is 6. The van der Waals surface area contributed by atoms with Crippen LogP contribution in [0.5, 0.6) is 0 Å². The van der Waals surface area contributed by atoms with Gasteiger partial charge in [0.1, 0.15) is 11.4 Å². The van der Waals surface area contributed by atoms with Gasteiger partial charge >= 0.3 is 6.03 Å². The van der Waals surface area contributed by atoms with Gasteiger partial charge in [-0.05, 0) is 49.9 Å². The largest absolute Gasteiger partial charge is 0.343 e. The zero-order valence-electron chi connectivity index (χ0n) is 15.9. The molecule has 1 aromatic carbocycles. The van der Waals surface area contributed by atoms with Crippen molar-refractivity contribution in [3.8, 4) is 0 Å². The fraction of sp³-hybridized carbons (Fsp3) is 0.500. The first kappa shape index (κ1) is 21.2. The Morgan fingerprint density at radius 2 is 1.86 bits per heavy atom. The van der Waals surface area contributed by atoms with E-state index in [1.54, 1.807) is 11.8 Å². The summed E-state index contributed by atoms with van der Waals surface area (Å²) in [4.78, 5) is 37.4. The van der Waals surface area contributed by atoms with Gasteiger partial charge in [0, 0.05) is 26.1 Å². The summed E-state index contributed by atoms with van der Waals surface area (Å²) in [5.41, 5.74) is -0.975. The molecule has 3 N–H and O–H groups in total. The van der Waals surface area contributed by atoms with Crippen molar-refractivity contribution in [3.05, 3.63) is 30.1 Å². The van der Waals surface area contributed by atoms with Crippen LogP contribution in [0.2, 0.25) is 0 Å². The van der Waals surface area contributed by atoms with Crippen molar-refractivity contribution in [2.45, 2.75) is 36.6 Å². The van der Waals surface area contributed by atoms with E-state index in [4.69, 9.17) is 0 Å². The molecule has 2 heterocycles. The quantitative estimate of drug-likeness (QED) is 0.566. The van der Waals surface area contributed by atoms with Gasteiger partial charge in [0.2, 0.25) is 15.9 Å². The van der Waals surface area contributed by atoms with Crippen LogP contribution in [0.25, 0.3) is 0 Å². The summed E-state index contributed by atoms with van der Waals surface area (Å²) in [6, 6.07) is 3.91. The molecule has 2 saturated heterocycles. The molecule has 0 radical (unpaired) electrons. The third-order valence-corrected chi connectivity index (χ3v) is 6.97. The number of imide groups is 1. The Balaban J connectivity index is 1.47. The second-order valence-corrected chi connectivity index (χ2v) is 9.13. The molecular weight excluding hydrogens is 403 g/mol. The van der Waals surface area contributed by atoms with Crippen LogP contribution < -0.4 is 15.4 Å². The van der Waals surface area contributed by atoms with Crippen molar-refractivity contribution in [3.63, 3.8) is 0 Å². The Kier molecular flexibility index (Phi) is 5.90. The van der Waals surface area contributed by atoms with E-state index < -0.39 is 27.4 Å². The molecule has 2 fully saturated rings. The minimum absolute atomic E-state index is 0.0143. The predicted molar refractivity (Wildman–Crippen MR) is 101 cm³/mol. The number of halogens is 1. The summed E-state index contributed by atoms with van der Waals surface area (Å²) in [6.07, 6.45) is 1.09. The van der Waals surface area contributed by atoms with E-state index in [0.717, 1.165) is 24.3 Å². The first-order valence-corrected chi connectivity index (χ1v) is 10.8. The van der Waals surface area contributed by atoms with E-state index in [1.165, 1.54) is 0 Å². The molecule has 158 valence electrons. The van der Waals surface area contributed by atoms with E-state index >= 15 is 0 Å². The number of hydrogen-bond donors (Lipinski definition) is 3. The van der Waals surface area contributed by atoms with Crippen molar-refractivity contribution in [1.82, 2.24) is 20.3 Å². The summed E-state index contributed by atoms with van der Waals surface area (Å²) in [6.45, 7) is 2.45. The van der Waals surface area contributed by atoms with Gasteiger partial charge in [-0.15, -0.1) is 0 Å². The topological polar surface area (TPSA) is 125 Å². The van der Waals surface area contributed by atoms with Crippen molar-refractivity contribution in [1.29, 1.82) is 0 Å². The van der Waals surface area contributed by atoms with Crippen molar-refractivity contribution in [2.24, 2.45) is 5.92 Å². The normalized spacial score (nSPS) is 23.0. The van der Waals surface area contributed by atoms with E-state index in [2.05, 4.69) is 15.4 Å². The van der Waals surface area contributed by atoms with Gasteiger partial charge in [-0.2, -0.15) is 0 Å². The highest BCUT2D eigenvalue weighted by molar-refractivity contribution is 7.89. The van der Waals surface area contributed by atoms with Crippen LogP contribution in [0.4, 0.5) is 9.18 Å². The third-order valence-electron chi connectivity index (χ3n) is 5.49. The number of hydrogen-bond acceptors (Lipinski definition) is 5. The summed E-state index contributed by atoms with van der Waals surface area (Å²) >= 11 is 0. The molecule has 9 nitrogen and oxygen atoms in total. The number of nitrogens with one attached hydrogen (secondary N) is 3. The van der Waals surface area contributed by atoms with Crippen LogP contribution in [-0.4, -0.2) is 56.3 Å². The van der Waals surface area contributed by atoms with Gasteiger partial charge < -0.3 is 10.2 Å². The molecule has 1 atom stereocenters. The minimum atomic E-state index is -3.81. The van der Waals surface area contributed by atoms with E-state index in [9.17, 15) is 27.2 Å². The maximum absolute atomic E-state index is 12.9. The molecule has 2 aliphatic heterocycles. The second kappa shape index (κ2) is 8.07. The van der Waals surface area contributed by atoms with Crippen LogP contribution in [0.15, 0.2) is 29.2 Å². The summed E-state index contributed by atoms with van der Waals surface area (Å²) < 4.78 is 39.6. The molecule has 1 aromatic rings. The minimum Gasteiger partial charge on any atom is -0.343 e. The molecule has 0 aromatic heterocycles. The number of carbonyl (C=O) groups excluding carboxylic acids is 3. The lowest BCUT2D eigenvalue weighted by molar-refractivity contribution is -0.133. The molecule has 3 rings (SSSR count). The molecule has 2 aliphatic rings. The number of nitrogens with zero attached hydrogens (tertiary/aromatic N) is 1. The Hall–Kier alpha value is -2.53. The zero-order chi connectivity index (χ0) is 21.2. The van der Waals surface area contributed by atoms with Crippen LogP contribution >= 0.6 is 0 Å². The average Bonchev–Trinajstić information content (AvgIpc) is 2.94. The van der Waals surface area contributed by atoms with Gasteiger partial charge in [0.15, 0.2) is 0 Å². The number of amides is 4. The summed E-state index contributed by atoms with van der Waals surface area (Å²) in [5, 5.41) is 4.90. The Bertz CT molecular complexity index is 913. The van der Waals surface area contributed by atoms with Gasteiger partial charge in [-0.1, -0.05) is 0 Å². The van der Waals surface area contributed by atoms with Gasteiger partial charge in [-0.3, -0.25) is 14.9 Å². The van der Waals surface area contributed by atoms with Crippen LogP contribution in [-0.2, 0) is 19.6 Å². The number of piperidine rings is 1. The molecule has 0 aliphatic carbocycles. The molecule has 0 saturated carbocycles. The predicted octanol–water partition coefficient (Wildman–Crippen LogP) is 0.331. The SMILES string of the molecule is C[C@@]1(C2CCN(C(=O)CCNS(=O)(=O)c3ccc(F)cc3)CC2)NC(=O)NC1=O. The fourth-order valence-corrected chi connectivity index (χ4v) is 4.73. The number of sulfonamides is 1. The maximum atomic E-state index is 12.9. The monoisotopic (exact) mass is 426 g/mol. The Morgan fingerprint density at radius 1 is 1.24 bits per heavy atom. The van der Waals surface area contributed by atoms with Crippen LogP contribution in [0.1, 0.15) is 26.2 Å².